The Hall–Kier alpha value is -0.820. The standard InChI is InChI=1S/C12H12Cl2O5S/c13-7-5-9(12(15)16)11(14)10(6-7)20(17,18)8-1-3-19-4-2-8/h5-6,8H,1-4H2,(H,15,16). The molecule has 0 amide bonds. The van der Waals surface area contributed by atoms with Gasteiger partial charge < -0.3 is 9.84 Å². The molecular weight excluding hydrogens is 327 g/mol. The fourth-order valence-electron chi connectivity index (χ4n) is 2.09. The molecule has 0 aromatic heterocycles. The number of ether oxygens (including phenoxy) is 1. The minimum absolute atomic E-state index is 0.0254. The summed E-state index contributed by atoms with van der Waals surface area (Å²) in [5, 5.41) is 8.13. The lowest BCUT2D eigenvalue weighted by molar-refractivity contribution is 0.0696. The van der Waals surface area contributed by atoms with Gasteiger partial charge in [0.25, 0.3) is 0 Å². The van der Waals surface area contributed by atoms with Crippen LogP contribution in [-0.2, 0) is 14.6 Å². The summed E-state index contributed by atoms with van der Waals surface area (Å²) < 4.78 is 30.2. The molecule has 0 spiro atoms. The molecule has 1 heterocycles. The Labute approximate surface area is 126 Å². The minimum Gasteiger partial charge on any atom is -0.478 e. The highest BCUT2D eigenvalue weighted by molar-refractivity contribution is 7.92. The average molecular weight is 339 g/mol. The van der Waals surface area contributed by atoms with Crippen LogP contribution in [0.5, 0.6) is 0 Å². The van der Waals surface area contributed by atoms with Gasteiger partial charge in [-0.1, -0.05) is 23.2 Å². The zero-order valence-corrected chi connectivity index (χ0v) is 12.6. The quantitative estimate of drug-likeness (QED) is 0.916. The molecule has 1 fully saturated rings. The highest BCUT2D eigenvalue weighted by Crippen LogP contribution is 2.33. The van der Waals surface area contributed by atoms with Crippen molar-refractivity contribution in [2.24, 2.45) is 0 Å². The molecule has 20 heavy (non-hydrogen) atoms. The Morgan fingerprint density at radius 2 is 1.85 bits per heavy atom. The summed E-state index contributed by atoms with van der Waals surface area (Å²) in [5.74, 6) is -1.32. The molecule has 1 aliphatic rings. The summed E-state index contributed by atoms with van der Waals surface area (Å²) in [7, 11) is -3.73. The summed E-state index contributed by atoms with van der Waals surface area (Å²) >= 11 is 11.7. The van der Waals surface area contributed by atoms with Gasteiger partial charge in [-0.05, 0) is 25.0 Å². The van der Waals surface area contributed by atoms with Crippen LogP contribution >= 0.6 is 23.2 Å². The van der Waals surface area contributed by atoms with Gasteiger partial charge in [0.15, 0.2) is 9.84 Å². The second-order valence-electron chi connectivity index (χ2n) is 4.43. The van der Waals surface area contributed by atoms with Crippen molar-refractivity contribution in [2.45, 2.75) is 23.0 Å². The lowest BCUT2D eigenvalue weighted by Gasteiger charge is -2.23. The number of hydrogen-bond acceptors (Lipinski definition) is 4. The smallest absolute Gasteiger partial charge is 0.337 e. The SMILES string of the molecule is O=C(O)c1cc(Cl)cc(S(=O)(=O)C2CCOCC2)c1Cl. The molecule has 1 N–H and O–H groups in total. The molecule has 110 valence electrons. The maximum absolute atomic E-state index is 12.5. The van der Waals surface area contributed by atoms with Crippen molar-refractivity contribution in [1.82, 2.24) is 0 Å². The number of carbonyl (C=O) groups is 1. The predicted octanol–water partition coefficient (Wildman–Crippen LogP) is 2.64. The van der Waals surface area contributed by atoms with Gasteiger partial charge in [0.05, 0.1) is 20.7 Å². The van der Waals surface area contributed by atoms with Crippen molar-refractivity contribution in [1.29, 1.82) is 0 Å². The van der Waals surface area contributed by atoms with Gasteiger partial charge in [0.1, 0.15) is 0 Å². The third-order valence-corrected chi connectivity index (χ3v) is 6.17. The Morgan fingerprint density at radius 1 is 1.25 bits per heavy atom. The third kappa shape index (κ3) is 2.93. The topological polar surface area (TPSA) is 80.7 Å². The summed E-state index contributed by atoms with van der Waals surface area (Å²) in [6.45, 7) is 0.710. The van der Waals surface area contributed by atoms with E-state index in [0.717, 1.165) is 6.07 Å². The lowest BCUT2D eigenvalue weighted by atomic mass is 10.2. The Kier molecular flexibility index (Phi) is 4.59. The van der Waals surface area contributed by atoms with E-state index in [1.807, 2.05) is 0 Å². The molecule has 1 aromatic carbocycles. The normalized spacial score (nSPS) is 17.1. The van der Waals surface area contributed by atoms with Gasteiger partial charge in [-0.15, -0.1) is 0 Å². The number of carboxylic acid groups (broad SMARTS) is 1. The summed E-state index contributed by atoms with van der Waals surface area (Å²) in [6, 6.07) is 2.33. The first-order valence-corrected chi connectivity index (χ1v) is 8.18. The van der Waals surface area contributed by atoms with Crippen molar-refractivity contribution in [3.05, 3.63) is 27.7 Å². The number of sulfone groups is 1. The van der Waals surface area contributed by atoms with Crippen LogP contribution in [0.25, 0.3) is 0 Å². The molecule has 1 aromatic rings. The van der Waals surface area contributed by atoms with E-state index >= 15 is 0 Å². The number of rotatable bonds is 3. The molecule has 5 nitrogen and oxygen atoms in total. The minimum atomic E-state index is -3.73. The first-order chi connectivity index (χ1) is 9.34. The molecule has 0 radical (unpaired) electrons. The highest BCUT2D eigenvalue weighted by atomic mass is 35.5. The first-order valence-electron chi connectivity index (χ1n) is 5.88. The fraction of sp³-hybridized carbons (Fsp3) is 0.417. The highest BCUT2D eigenvalue weighted by Gasteiger charge is 2.32. The first kappa shape index (κ1) is 15.6. The van der Waals surface area contributed by atoms with Crippen LogP contribution in [0, 0.1) is 0 Å². The monoisotopic (exact) mass is 338 g/mol. The van der Waals surface area contributed by atoms with E-state index in [0.29, 0.717) is 26.1 Å². The molecule has 0 unspecified atom stereocenters. The Bertz CT molecular complexity index is 635. The van der Waals surface area contributed by atoms with Gasteiger partial charge >= 0.3 is 5.97 Å². The maximum Gasteiger partial charge on any atom is 0.337 e. The van der Waals surface area contributed by atoms with E-state index in [1.54, 1.807) is 0 Å². The zero-order chi connectivity index (χ0) is 14.9. The van der Waals surface area contributed by atoms with Crippen molar-refractivity contribution < 1.29 is 23.1 Å². The lowest BCUT2D eigenvalue weighted by Crippen LogP contribution is -2.29. The van der Waals surface area contributed by atoms with Crippen molar-refractivity contribution in [3.63, 3.8) is 0 Å². The van der Waals surface area contributed by atoms with Crippen LogP contribution in [-0.4, -0.2) is 38.0 Å². The van der Waals surface area contributed by atoms with Crippen LogP contribution in [0.15, 0.2) is 17.0 Å². The Balaban J connectivity index is 2.53. The zero-order valence-electron chi connectivity index (χ0n) is 10.3. The second-order valence-corrected chi connectivity index (χ2v) is 7.44. The molecule has 1 saturated heterocycles. The van der Waals surface area contributed by atoms with E-state index in [-0.39, 0.29) is 20.5 Å². The summed E-state index contributed by atoms with van der Waals surface area (Å²) in [4.78, 5) is 10.8. The second kappa shape index (κ2) is 5.89. The molecule has 0 bridgehead atoms. The number of halogens is 2. The van der Waals surface area contributed by atoms with Crippen LogP contribution in [0.1, 0.15) is 23.2 Å². The van der Waals surface area contributed by atoms with Gasteiger partial charge in [-0.25, -0.2) is 13.2 Å². The molecule has 8 heteroatoms. The third-order valence-electron chi connectivity index (χ3n) is 3.15. The van der Waals surface area contributed by atoms with E-state index in [9.17, 15) is 13.2 Å². The molecule has 0 aliphatic carbocycles. The van der Waals surface area contributed by atoms with E-state index in [2.05, 4.69) is 0 Å². The van der Waals surface area contributed by atoms with Gasteiger partial charge in [0, 0.05) is 18.2 Å². The van der Waals surface area contributed by atoms with E-state index in [4.69, 9.17) is 33.0 Å². The van der Waals surface area contributed by atoms with Gasteiger partial charge in [0.2, 0.25) is 0 Å². The number of carboxylic acids is 1. The molecule has 1 aliphatic heterocycles. The summed E-state index contributed by atoms with van der Waals surface area (Å²) in [5.41, 5.74) is -0.315. The molecule has 0 saturated carbocycles. The van der Waals surface area contributed by atoms with Crippen LogP contribution in [0.3, 0.4) is 0 Å². The number of aromatic carboxylic acids is 1. The summed E-state index contributed by atoms with van der Waals surface area (Å²) in [6.07, 6.45) is 0.709. The Morgan fingerprint density at radius 3 is 2.40 bits per heavy atom. The molecule has 2 rings (SSSR count). The van der Waals surface area contributed by atoms with Crippen molar-refractivity contribution in [3.8, 4) is 0 Å². The number of hydrogen-bond donors (Lipinski definition) is 1. The number of benzene rings is 1. The largest absolute Gasteiger partial charge is 0.478 e. The van der Waals surface area contributed by atoms with E-state index in [1.165, 1.54) is 6.07 Å². The van der Waals surface area contributed by atoms with Crippen LogP contribution in [0.2, 0.25) is 10.0 Å². The molecular formula is C12H12Cl2O5S. The predicted molar refractivity (Wildman–Crippen MR) is 74.4 cm³/mol. The average Bonchev–Trinajstić information content (AvgIpc) is 2.41. The van der Waals surface area contributed by atoms with Gasteiger partial charge in [-0.3, -0.25) is 0 Å². The van der Waals surface area contributed by atoms with Crippen molar-refractivity contribution >= 4 is 39.0 Å². The molecule has 0 atom stereocenters. The fourth-order valence-corrected chi connectivity index (χ4v) is 4.71. The van der Waals surface area contributed by atoms with E-state index < -0.39 is 21.1 Å². The van der Waals surface area contributed by atoms with Gasteiger partial charge in [-0.2, -0.15) is 0 Å². The van der Waals surface area contributed by atoms with Crippen LogP contribution < -0.4 is 0 Å². The van der Waals surface area contributed by atoms with Crippen LogP contribution in [0.4, 0.5) is 0 Å². The maximum atomic E-state index is 12.5. The van der Waals surface area contributed by atoms with Crippen molar-refractivity contribution in [2.75, 3.05) is 13.2 Å².